The van der Waals surface area contributed by atoms with E-state index in [0.717, 1.165) is 39.0 Å². The van der Waals surface area contributed by atoms with Gasteiger partial charge in [-0.25, -0.2) is 0 Å². The molecule has 3 heteroatoms. The van der Waals surface area contributed by atoms with Crippen LogP contribution in [-0.4, -0.2) is 31.6 Å². The van der Waals surface area contributed by atoms with Crippen LogP contribution in [0.25, 0.3) is 0 Å². The van der Waals surface area contributed by atoms with Crippen molar-refractivity contribution < 1.29 is 9.47 Å². The summed E-state index contributed by atoms with van der Waals surface area (Å²) in [5, 5.41) is 3.42. The molecule has 1 spiro atoms. The van der Waals surface area contributed by atoms with Crippen LogP contribution in [0, 0.1) is 0 Å². The highest BCUT2D eigenvalue weighted by Crippen LogP contribution is 2.25. The van der Waals surface area contributed by atoms with Crippen molar-refractivity contribution in [3.8, 4) is 0 Å². The van der Waals surface area contributed by atoms with Crippen molar-refractivity contribution in [3.63, 3.8) is 0 Å². The van der Waals surface area contributed by atoms with Crippen molar-refractivity contribution in [2.75, 3.05) is 19.8 Å². The second kappa shape index (κ2) is 3.32. The average molecular weight is 171 g/mol. The van der Waals surface area contributed by atoms with Crippen LogP contribution in [0.4, 0.5) is 0 Å². The summed E-state index contributed by atoms with van der Waals surface area (Å²) >= 11 is 0. The molecular formula is C9H17NO2. The second-order valence-corrected chi connectivity index (χ2v) is 3.79. The zero-order chi connectivity index (χ0) is 8.44. The van der Waals surface area contributed by atoms with E-state index in [1.807, 2.05) is 0 Å². The van der Waals surface area contributed by atoms with E-state index >= 15 is 0 Å². The summed E-state index contributed by atoms with van der Waals surface area (Å²) in [5.74, 6) is 0. The molecule has 0 aromatic rings. The number of nitrogens with one attached hydrogen (secondary N) is 1. The predicted octanol–water partition coefficient (Wildman–Crippen LogP) is 0.891. The molecule has 2 heterocycles. The van der Waals surface area contributed by atoms with Gasteiger partial charge < -0.3 is 9.47 Å². The van der Waals surface area contributed by atoms with Crippen LogP contribution in [0.1, 0.15) is 26.2 Å². The van der Waals surface area contributed by atoms with E-state index in [2.05, 4.69) is 12.2 Å². The molecule has 70 valence electrons. The third kappa shape index (κ3) is 1.63. The minimum atomic E-state index is -0.143. The predicted molar refractivity (Wildman–Crippen MR) is 46.0 cm³/mol. The van der Waals surface area contributed by atoms with Gasteiger partial charge in [0.05, 0.1) is 12.7 Å². The summed E-state index contributed by atoms with van der Waals surface area (Å²) < 4.78 is 11.3. The van der Waals surface area contributed by atoms with Gasteiger partial charge in [-0.05, 0) is 26.2 Å². The molecule has 0 amide bonds. The Morgan fingerprint density at radius 3 is 3.08 bits per heavy atom. The van der Waals surface area contributed by atoms with Gasteiger partial charge in [-0.15, -0.1) is 0 Å². The highest BCUT2D eigenvalue weighted by molar-refractivity contribution is 4.85. The molecule has 1 N–H and O–H groups in total. The molecule has 0 saturated carbocycles. The van der Waals surface area contributed by atoms with Crippen LogP contribution in [0.2, 0.25) is 0 Å². The van der Waals surface area contributed by atoms with Crippen LogP contribution >= 0.6 is 0 Å². The van der Waals surface area contributed by atoms with E-state index in [0.29, 0.717) is 6.10 Å². The smallest absolute Gasteiger partial charge is 0.143 e. The highest BCUT2D eigenvalue weighted by atomic mass is 16.6. The summed E-state index contributed by atoms with van der Waals surface area (Å²) in [6, 6.07) is 0. The third-order valence-electron chi connectivity index (χ3n) is 2.63. The zero-order valence-corrected chi connectivity index (χ0v) is 7.64. The summed E-state index contributed by atoms with van der Waals surface area (Å²) in [5.41, 5.74) is -0.143. The summed E-state index contributed by atoms with van der Waals surface area (Å²) in [7, 11) is 0. The number of hydrogen-bond acceptors (Lipinski definition) is 3. The third-order valence-corrected chi connectivity index (χ3v) is 2.63. The van der Waals surface area contributed by atoms with Gasteiger partial charge in [-0.2, -0.15) is 0 Å². The first-order valence-electron chi connectivity index (χ1n) is 4.81. The maximum Gasteiger partial charge on any atom is 0.143 e. The summed E-state index contributed by atoms with van der Waals surface area (Å²) in [6.45, 7) is 4.81. The fourth-order valence-electron chi connectivity index (χ4n) is 1.99. The Morgan fingerprint density at radius 2 is 2.42 bits per heavy atom. The van der Waals surface area contributed by atoms with Crippen molar-refractivity contribution in [1.29, 1.82) is 0 Å². The molecule has 2 unspecified atom stereocenters. The molecule has 0 bridgehead atoms. The Labute approximate surface area is 73.4 Å². The highest BCUT2D eigenvalue weighted by Gasteiger charge is 2.37. The van der Waals surface area contributed by atoms with Crippen molar-refractivity contribution in [2.24, 2.45) is 0 Å². The quantitative estimate of drug-likeness (QED) is 0.587. The van der Waals surface area contributed by atoms with Crippen LogP contribution < -0.4 is 5.32 Å². The minimum Gasteiger partial charge on any atom is -0.377 e. The Bertz CT molecular complexity index is 149. The number of hydrogen-bond donors (Lipinski definition) is 1. The van der Waals surface area contributed by atoms with Crippen molar-refractivity contribution in [3.05, 3.63) is 0 Å². The van der Waals surface area contributed by atoms with Crippen molar-refractivity contribution in [2.45, 2.75) is 38.0 Å². The lowest BCUT2D eigenvalue weighted by Crippen LogP contribution is -2.58. The van der Waals surface area contributed by atoms with Crippen molar-refractivity contribution in [1.82, 2.24) is 5.32 Å². The molecule has 0 aromatic carbocycles. The SMILES string of the molecule is CC1CCNC2(CCCOC2)O1. The van der Waals surface area contributed by atoms with E-state index in [4.69, 9.17) is 9.47 Å². The molecule has 2 rings (SSSR count). The van der Waals surface area contributed by atoms with Gasteiger partial charge in [0.1, 0.15) is 5.72 Å². The lowest BCUT2D eigenvalue weighted by atomic mass is 10.0. The number of rotatable bonds is 0. The Balaban J connectivity index is 1.97. The monoisotopic (exact) mass is 171 g/mol. The summed E-state index contributed by atoms with van der Waals surface area (Å²) in [6.07, 6.45) is 3.70. The van der Waals surface area contributed by atoms with E-state index < -0.39 is 0 Å². The Hall–Kier alpha value is -0.120. The molecular weight excluding hydrogens is 154 g/mol. The molecule has 2 aliphatic heterocycles. The molecule has 2 saturated heterocycles. The average Bonchev–Trinajstić information content (AvgIpc) is 2.05. The zero-order valence-electron chi connectivity index (χ0n) is 7.64. The molecule has 0 radical (unpaired) electrons. The lowest BCUT2D eigenvalue weighted by Gasteiger charge is -2.43. The molecule has 2 aliphatic rings. The maximum absolute atomic E-state index is 5.88. The first kappa shape index (κ1) is 8.48. The minimum absolute atomic E-state index is 0.143. The van der Waals surface area contributed by atoms with E-state index in [1.54, 1.807) is 0 Å². The Kier molecular flexibility index (Phi) is 2.35. The molecule has 2 atom stereocenters. The standard InChI is InChI=1S/C9H17NO2/c1-8-3-5-10-9(12-8)4-2-6-11-7-9/h8,10H,2-7H2,1H3. The molecule has 12 heavy (non-hydrogen) atoms. The van der Waals surface area contributed by atoms with E-state index in [1.165, 1.54) is 0 Å². The maximum atomic E-state index is 5.88. The molecule has 0 aliphatic carbocycles. The van der Waals surface area contributed by atoms with Crippen LogP contribution in [0.15, 0.2) is 0 Å². The van der Waals surface area contributed by atoms with Crippen molar-refractivity contribution >= 4 is 0 Å². The Morgan fingerprint density at radius 1 is 1.50 bits per heavy atom. The molecule has 3 nitrogen and oxygen atoms in total. The van der Waals surface area contributed by atoms with Gasteiger partial charge in [-0.3, -0.25) is 5.32 Å². The second-order valence-electron chi connectivity index (χ2n) is 3.79. The van der Waals surface area contributed by atoms with Gasteiger partial charge in [-0.1, -0.05) is 0 Å². The number of ether oxygens (including phenoxy) is 2. The normalized spacial score (nSPS) is 43.2. The first-order valence-corrected chi connectivity index (χ1v) is 4.81. The first-order chi connectivity index (χ1) is 5.81. The fourth-order valence-corrected chi connectivity index (χ4v) is 1.99. The summed E-state index contributed by atoms with van der Waals surface area (Å²) in [4.78, 5) is 0. The van der Waals surface area contributed by atoms with Crippen LogP contribution in [0.3, 0.4) is 0 Å². The fraction of sp³-hybridized carbons (Fsp3) is 1.00. The van der Waals surface area contributed by atoms with Crippen LogP contribution in [0.5, 0.6) is 0 Å². The van der Waals surface area contributed by atoms with Gasteiger partial charge in [0, 0.05) is 13.2 Å². The van der Waals surface area contributed by atoms with E-state index in [9.17, 15) is 0 Å². The van der Waals surface area contributed by atoms with Gasteiger partial charge in [0.25, 0.3) is 0 Å². The molecule has 2 fully saturated rings. The largest absolute Gasteiger partial charge is 0.377 e. The molecule has 0 aromatic heterocycles. The lowest BCUT2D eigenvalue weighted by molar-refractivity contribution is -0.190. The van der Waals surface area contributed by atoms with Gasteiger partial charge >= 0.3 is 0 Å². The van der Waals surface area contributed by atoms with Gasteiger partial charge in [0.2, 0.25) is 0 Å². The topological polar surface area (TPSA) is 30.5 Å². The van der Waals surface area contributed by atoms with Gasteiger partial charge in [0.15, 0.2) is 0 Å². The van der Waals surface area contributed by atoms with E-state index in [-0.39, 0.29) is 5.72 Å². The van der Waals surface area contributed by atoms with Crippen LogP contribution in [-0.2, 0) is 9.47 Å².